The number of benzene rings is 1. The molecule has 0 aromatic heterocycles. The van der Waals surface area contributed by atoms with Gasteiger partial charge in [-0.3, -0.25) is 9.18 Å². The van der Waals surface area contributed by atoms with Gasteiger partial charge in [0.2, 0.25) is 0 Å². The first-order valence-corrected chi connectivity index (χ1v) is 7.76. The van der Waals surface area contributed by atoms with E-state index in [0.29, 0.717) is 12.2 Å². The Morgan fingerprint density at radius 3 is 2.70 bits per heavy atom. The van der Waals surface area contributed by atoms with Crippen LogP contribution in [0.2, 0.25) is 5.02 Å². The fourth-order valence-corrected chi connectivity index (χ4v) is 2.65. The zero-order valence-electron chi connectivity index (χ0n) is 13.4. The Labute approximate surface area is 140 Å². The van der Waals surface area contributed by atoms with Gasteiger partial charge in [0.15, 0.2) is 0 Å². The standard InChI is InChI=1S/C17H22ClF2NO2/c1-4-17(7-8-19,10-12(2)20)11-21-16(22)14-9-13(23-3)5-6-15(14)18/h5-6,9H,2,4,7-8,10-11H2,1,3H3,(H,21,22). The maximum Gasteiger partial charge on any atom is 0.252 e. The van der Waals surface area contributed by atoms with Gasteiger partial charge in [-0.15, -0.1) is 0 Å². The molecule has 0 radical (unpaired) electrons. The quantitative estimate of drug-likeness (QED) is 0.704. The van der Waals surface area contributed by atoms with Crippen LogP contribution in [0, 0.1) is 5.41 Å². The van der Waals surface area contributed by atoms with Crippen LogP contribution in [-0.4, -0.2) is 26.2 Å². The van der Waals surface area contributed by atoms with E-state index in [2.05, 4.69) is 11.9 Å². The molecule has 0 heterocycles. The van der Waals surface area contributed by atoms with E-state index in [1.54, 1.807) is 12.1 Å². The molecule has 0 spiro atoms. The van der Waals surface area contributed by atoms with Gasteiger partial charge in [0.25, 0.3) is 5.91 Å². The smallest absolute Gasteiger partial charge is 0.252 e. The third-order valence-electron chi connectivity index (χ3n) is 3.98. The summed E-state index contributed by atoms with van der Waals surface area (Å²) in [4.78, 5) is 12.3. The molecule has 0 aliphatic rings. The lowest BCUT2D eigenvalue weighted by Crippen LogP contribution is -2.38. The normalized spacial score (nSPS) is 13.3. The van der Waals surface area contributed by atoms with Crippen LogP contribution in [0.25, 0.3) is 0 Å². The van der Waals surface area contributed by atoms with Gasteiger partial charge in [-0.2, -0.15) is 0 Å². The van der Waals surface area contributed by atoms with E-state index in [0.717, 1.165) is 0 Å². The van der Waals surface area contributed by atoms with Crippen LogP contribution in [0.4, 0.5) is 8.78 Å². The van der Waals surface area contributed by atoms with Gasteiger partial charge in [0.1, 0.15) is 5.75 Å². The second-order valence-corrected chi connectivity index (χ2v) is 5.92. The van der Waals surface area contributed by atoms with Gasteiger partial charge in [-0.05, 0) is 36.5 Å². The highest BCUT2D eigenvalue weighted by atomic mass is 35.5. The number of carbonyl (C=O) groups excluding carboxylic acids is 1. The minimum absolute atomic E-state index is 0.0134. The molecule has 3 nitrogen and oxygen atoms in total. The molecule has 1 unspecified atom stereocenters. The molecule has 1 atom stereocenters. The van der Waals surface area contributed by atoms with E-state index in [9.17, 15) is 13.6 Å². The summed E-state index contributed by atoms with van der Waals surface area (Å²) in [6.45, 7) is 4.64. The Bertz CT molecular complexity index is 566. The van der Waals surface area contributed by atoms with Gasteiger partial charge in [-0.25, -0.2) is 4.39 Å². The number of methoxy groups -OCH3 is 1. The van der Waals surface area contributed by atoms with Crippen molar-refractivity contribution in [3.63, 3.8) is 0 Å². The van der Waals surface area contributed by atoms with Crippen molar-refractivity contribution < 1.29 is 18.3 Å². The Balaban J connectivity index is 2.88. The summed E-state index contributed by atoms with van der Waals surface area (Å²) in [6, 6.07) is 4.73. The largest absolute Gasteiger partial charge is 0.497 e. The molecule has 0 bridgehead atoms. The highest BCUT2D eigenvalue weighted by Crippen LogP contribution is 2.34. The molecule has 23 heavy (non-hydrogen) atoms. The molecular weight excluding hydrogens is 324 g/mol. The zero-order valence-corrected chi connectivity index (χ0v) is 14.2. The molecule has 1 aromatic carbocycles. The number of hydrogen-bond donors (Lipinski definition) is 1. The van der Waals surface area contributed by atoms with Crippen LogP contribution in [0.1, 0.15) is 36.5 Å². The maximum absolute atomic E-state index is 13.2. The van der Waals surface area contributed by atoms with E-state index in [1.807, 2.05) is 6.92 Å². The minimum atomic E-state index is -0.693. The average molecular weight is 346 g/mol. The first kappa shape index (κ1) is 19.4. The number of nitrogens with one attached hydrogen (secondary N) is 1. The van der Waals surface area contributed by atoms with Crippen molar-refractivity contribution in [3.05, 3.63) is 41.2 Å². The third-order valence-corrected chi connectivity index (χ3v) is 4.31. The molecule has 1 aromatic rings. The molecule has 0 aliphatic heterocycles. The minimum Gasteiger partial charge on any atom is -0.497 e. The SMILES string of the molecule is C=C(F)CC(CC)(CCF)CNC(=O)c1cc(OC)ccc1Cl. The van der Waals surface area contributed by atoms with Crippen LogP contribution >= 0.6 is 11.6 Å². The van der Waals surface area contributed by atoms with Gasteiger partial charge < -0.3 is 10.1 Å². The third kappa shape index (κ3) is 5.50. The highest BCUT2D eigenvalue weighted by Gasteiger charge is 2.30. The molecule has 1 amide bonds. The van der Waals surface area contributed by atoms with Crippen LogP contribution in [0.15, 0.2) is 30.6 Å². The molecular formula is C17H22ClF2NO2. The van der Waals surface area contributed by atoms with Crippen molar-refractivity contribution in [2.24, 2.45) is 5.41 Å². The van der Waals surface area contributed by atoms with Crippen molar-refractivity contribution in [3.8, 4) is 5.75 Å². The lowest BCUT2D eigenvalue weighted by atomic mass is 9.78. The summed E-state index contributed by atoms with van der Waals surface area (Å²) in [6.07, 6.45) is 0.685. The van der Waals surface area contributed by atoms with Crippen LogP contribution in [0.5, 0.6) is 5.75 Å². The number of ether oxygens (including phenoxy) is 1. The molecule has 6 heteroatoms. The topological polar surface area (TPSA) is 38.3 Å². The number of alkyl halides is 1. The molecule has 0 aliphatic carbocycles. The predicted octanol–water partition coefficient (Wildman–Crippen LogP) is 4.71. The summed E-state index contributed by atoms with van der Waals surface area (Å²) in [5.41, 5.74) is -0.433. The molecule has 128 valence electrons. The van der Waals surface area contributed by atoms with Crippen molar-refractivity contribution in [1.82, 2.24) is 5.32 Å². The fraction of sp³-hybridized carbons (Fsp3) is 0.471. The van der Waals surface area contributed by atoms with E-state index in [1.165, 1.54) is 13.2 Å². The number of hydrogen-bond acceptors (Lipinski definition) is 2. The molecule has 1 rings (SSSR count). The van der Waals surface area contributed by atoms with Crippen LogP contribution < -0.4 is 10.1 Å². The lowest BCUT2D eigenvalue weighted by Gasteiger charge is -2.31. The van der Waals surface area contributed by atoms with Crippen molar-refractivity contribution in [2.45, 2.75) is 26.2 Å². The first-order chi connectivity index (χ1) is 10.9. The molecule has 0 fully saturated rings. The Morgan fingerprint density at radius 2 is 2.17 bits per heavy atom. The average Bonchev–Trinajstić information content (AvgIpc) is 2.52. The van der Waals surface area contributed by atoms with Gasteiger partial charge >= 0.3 is 0 Å². The van der Waals surface area contributed by atoms with Gasteiger partial charge in [0.05, 0.1) is 30.2 Å². The Morgan fingerprint density at radius 1 is 1.48 bits per heavy atom. The number of amides is 1. The van der Waals surface area contributed by atoms with Crippen molar-refractivity contribution in [2.75, 3.05) is 20.3 Å². The lowest BCUT2D eigenvalue weighted by molar-refractivity contribution is 0.0916. The molecule has 0 saturated heterocycles. The summed E-state index contributed by atoms with van der Waals surface area (Å²) >= 11 is 6.03. The predicted molar refractivity (Wildman–Crippen MR) is 88.5 cm³/mol. The van der Waals surface area contributed by atoms with Gasteiger partial charge in [-0.1, -0.05) is 25.1 Å². The van der Waals surface area contributed by atoms with E-state index in [4.69, 9.17) is 16.3 Å². The molecule has 0 saturated carbocycles. The number of allylic oxidation sites excluding steroid dienone is 1. The highest BCUT2D eigenvalue weighted by molar-refractivity contribution is 6.33. The maximum atomic E-state index is 13.2. The number of rotatable bonds is 9. The number of carbonyl (C=O) groups is 1. The Kier molecular flexibility index (Phi) is 7.49. The number of halogens is 3. The monoisotopic (exact) mass is 345 g/mol. The second kappa shape index (κ2) is 8.87. The summed E-state index contributed by atoms with van der Waals surface area (Å²) in [7, 11) is 1.49. The zero-order chi connectivity index (χ0) is 17.5. The van der Waals surface area contributed by atoms with E-state index in [-0.39, 0.29) is 30.0 Å². The van der Waals surface area contributed by atoms with Gasteiger partial charge in [0, 0.05) is 13.0 Å². The second-order valence-electron chi connectivity index (χ2n) is 5.52. The van der Waals surface area contributed by atoms with Crippen LogP contribution in [-0.2, 0) is 0 Å². The fourth-order valence-electron chi connectivity index (χ4n) is 2.44. The van der Waals surface area contributed by atoms with Crippen molar-refractivity contribution >= 4 is 17.5 Å². The summed E-state index contributed by atoms with van der Waals surface area (Å²) in [5, 5.41) is 3.00. The van der Waals surface area contributed by atoms with E-state index >= 15 is 0 Å². The molecule has 1 N–H and O–H groups in total. The Hall–Kier alpha value is -1.62. The van der Waals surface area contributed by atoms with E-state index < -0.39 is 23.8 Å². The summed E-state index contributed by atoms with van der Waals surface area (Å²) in [5.74, 6) is -0.425. The first-order valence-electron chi connectivity index (χ1n) is 7.38. The summed E-state index contributed by atoms with van der Waals surface area (Å²) < 4.78 is 31.2. The van der Waals surface area contributed by atoms with Crippen molar-refractivity contribution in [1.29, 1.82) is 0 Å². The van der Waals surface area contributed by atoms with Crippen LogP contribution in [0.3, 0.4) is 0 Å².